The molecular formula is C29H32O17. The average Bonchev–Trinajstić information content (AvgIpc) is 2.99. The van der Waals surface area contributed by atoms with Crippen LogP contribution in [0.2, 0.25) is 0 Å². The fraction of sp³-hybridized carbons (Fsp3) is 0.448. The Bertz CT molecular complexity index is 1650. The molecule has 0 unspecified atom stereocenters. The molecule has 17 nitrogen and oxygen atoms in total. The maximum absolute atomic E-state index is 13.6. The Kier molecular flexibility index (Phi) is 9.30. The summed E-state index contributed by atoms with van der Waals surface area (Å²) in [6.45, 7) is 1.99. The van der Waals surface area contributed by atoms with E-state index in [1.807, 2.05) is 0 Å². The van der Waals surface area contributed by atoms with Gasteiger partial charge in [-0.25, -0.2) is 0 Å². The van der Waals surface area contributed by atoms with Gasteiger partial charge in [0.25, 0.3) is 0 Å². The van der Waals surface area contributed by atoms with Gasteiger partial charge in [-0.3, -0.25) is 9.59 Å². The summed E-state index contributed by atoms with van der Waals surface area (Å²) in [5.74, 6) is -3.94. The van der Waals surface area contributed by atoms with E-state index in [9.17, 15) is 55.5 Å². The molecule has 3 heterocycles. The predicted octanol–water partition coefficient (Wildman–Crippen LogP) is -1.12. The van der Waals surface area contributed by atoms with Crippen molar-refractivity contribution < 1.29 is 78.9 Å². The van der Waals surface area contributed by atoms with Crippen LogP contribution in [0.15, 0.2) is 39.5 Å². The van der Waals surface area contributed by atoms with Crippen molar-refractivity contribution in [1.29, 1.82) is 0 Å². The first-order valence-corrected chi connectivity index (χ1v) is 13.9. The Labute approximate surface area is 258 Å². The van der Waals surface area contributed by atoms with Gasteiger partial charge in [0.1, 0.15) is 71.8 Å². The number of fused-ring (bicyclic) bond motifs is 1. The molecule has 46 heavy (non-hydrogen) atoms. The summed E-state index contributed by atoms with van der Waals surface area (Å²) >= 11 is 0. The van der Waals surface area contributed by atoms with Crippen molar-refractivity contribution in [3.63, 3.8) is 0 Å². The summed E-state index contributed by atoms with van der Waals surface area (Å²) in [4.78, 5) is 24.8. The van der Waals surface area contributed by atoms with Crippen LogP contribution in [0.1, 0.15) is 13.8 Å². The van der Waals surface area contributed by atoms with Crippen LogP contribution in [-0.2, 0) is 23.7 Å². The molecule has 0 spiro atoms. The van der Waals surface area contributed by atoms with Crippen molar-refractivity contribution in [3.05, 3.63) is 40.6 Å². The first-order valence-electron chi connectivity index (χ1n) is 13.9. The van der Waals surface area contributed by atoms with E-state index in [1.165, 1.54) is 13.0 Å². The minimum Gasteiger partial charge on any atom is -0.508 e. The number of phenolic OH excluding ortho intramolecular Hbond substituents is 4. The standard InChI is InChI=1S/C29H32O17/c1-9-25(45-29-23(39)21(37)19(35)17(44-29)8-41-10(2)30)22(38)24(40)28(42-9)46-27-20(36)18-15(34)6-12(31)7-16(18)43-26(27)11-3-4-13(32)14(33)5-11/h3-7,9,17,19,21-25,28-29,31-35,37-40H,8H2,1-2H3/t9-,17+,19+,21-,22-,23+,24+,25-,28-,29-/m0/s1. The topological polar surface area (TPSA) is 275 Å². The molecule has 10 atom stereocenters. The molecule has 0 radical (unpaired) electrons. The van der Waals surface area contributed by atoms with Crippen molar-refractivity contribution in [2.24, 2.45) is 0 Å². The summed E-state index contributed by atoms with van der Waals surface area (Å²) in [6, 6.07) is 5.29. The van der Waals surface area contributed by atoms with E-state index < -0.39 is 114 Å². The summed E-state index contributed by atoms with van der Waals surface area (Å²) in [5.41, 5.74) is -1.29. The molecule has 3 aromatic rings. The molecule has 1 aromatic heterocycles. The van der Waals surface area contributed by atoms with Crippen LogP contribution in [0.5, 0.6) is 28.7 Å². The molecule has 17 heteroatoms. The Morgan fingerprint density at radius 3 is 2.20 bits per heavy atom. The third kappa shape index (κ3) is 6.26. The van der Waals surface area contributed by atoms with E-state index in [4.69, 9.17) is 28.1 Å². The highest BCUT2D eigenvalue weighted by atomic mass is 16.7. The molecule has 2 fully saturated rings. The van der Waals surface area contributed by atoms with E-state index in [1.54, 1.807) is 0 Å². The quantitative estimate of drug-likeness (QED) is 0.108. The van der Waals surface area contributed by atoms with Crippen LogP contribution in [0.25, 0.3) is 22.3 Å². The summed E-state index contributed by atoms with van der Waals surface area (Å²) in [6.07, 6.45) is -16.6. The first kappa shape index (κ1) is 33.2. The highest BCUT2D eigenvalue weighted by Gasteiger charge is 2.50. The lowest BCUT2D eigenvalue weighted by atomic mass is 9.97. The maximum atomic E-state index is 13.6. The number of aliphatic hydroxyl groups is 5. The van der Waals surface area contributed by atoms with Crippen LogP contribution in [-0.4, -0.2) is 120 Å². The van der Waals surface area contributed by atoms with Gasteiger partial charge in [0.2, 0.25) is 17.5 Å². The number of carbonyl (C=O) groups excluding carboxylic acids is 1. The molecule has 0 aliphatic carbocycles. The van der Waals surface area contributed by atoms with Gasteiger partial charge in [-0.1, -0.05) is 0 Å². The van der Waals surface area contributed by atoms with Crippen LogP contribution in [0.4, 0.5) is 0 Å². The van der Waals surface area contributed by atoms with Gasteiger partial charge in [0, 0.05) is 24.6 Å². The van der Waals surface area contributed by atoms with E-state index >= 15 is 0 Å². The molecule has 0 bridgehead atoms. The number of aliphatic hydroxyl groups excluding tert-OH is 5. The number of phenols is 4. The second kappa shape index (κ2) is 12.9. The number of hydrogen-bond acceptors (Lipinski definition) is 17. The van der Waals surface area contributed by atoms with Crippen LogP contribution < -0.4 is 10.2 Å². The third-order valence-corrected chi connectivity index (χ3v) is 7.58. The van der Waals surface area contributed by atoms with E-state index in [0.717, 1.165) is 31.2 Å². The van der Waals surface area contributed by atoms with E-state index in [2.05, 4.69) is 0 Å². The summed E-state index contributed by atoms with van der Waals surface area (Å²) < 4.78 is 33.2. The molecule has 250 valence electrons. The number of hydrogen-bond donors (Lipinski definition) is 9. The minimum absolute atomic E-state index is 0.0141. The minimum atomic E-state index is -1.96. The average molecular weight is 653 g/mol. The fourth-order valence-corrected chi connectivity index (χ4v) is 5.16. The molecule has 0 amide bonds. The second-order valence-corrected chi connectivity index (χ2v) is 10.9. The van der Waals surface area contributed by atoms with Gasteiger partial charge in [0.15, 0.2) is 23.5 Å². The maximum Gasteiger partial charge on any atom is 0.302 e. The van der Waals surface area contributed by atoms with Gasteiger partial charge < -0.3 is 74.1 Å². The Morgan fingerprint density at radius 1 is 0.826 bits per heavy atom. The number of aromatic hydroxyl groups is 4. The van der Waals surface area contributed by atoms with Crippen molar-refractivity contribution in [3.8, 4) is 40.1 Å². The second-order valence-electron chi connectivity index (χ2n) is 10.9. The molecule has 9 N–H and O–H groups in total. The number of benzene rings is 2. The zero-order valence-electron chi connectivity index (χ0n) is 24.2. The van der Waals surface area contributed by atoms with E-state index in [0.29, 0.717) is 0 Å². The largest absolute Gasteiger partial charge is 0.508 e. The van der Waals surface area contributed by atoms with Gasteiger partial charge in [-0.2, -0.15) is 0 Å². The fourth-order valence-electron chi connectivity index (χ4n) is 5.16. The van der Waals surface area contributed by atoms with Gasteiger partial charge in [0.05, 0.1) is 6.10 Å². The monoisotopic (exact) mass is 652 g/mol. The highest BCUT2D eigenvalue weighted by molar-refractivity contribution is 5.88. The zero-order chi connectivity index (χ0) is 33.6. The van der Waals surface area contributed by atoms with Crippen molar-refractivity contribution in [2.45, 2.75) is 75.3 Å². The Hall–Kier alpha value is -4.20. The highest BCUT2D eigenvalue weighted by Crippen LogP contribution is 2.39. The van der Waals surface area contributed by atoms with E-state index in [-0.39, 0.29) is 16.9 Å². The molecular weight excluding hydrogens is 620 g/mol. The smallest absolute Gasteiger partial charge is 0.302 e. The third-order valence-electron chi connectivity index (χ3n) is 7.58. The molecule has 0 saturated carbocycles. The molecule has 2 aromatic carbocycles. The lowest BCUT2D eigenvalue weighted by molar-refractivity contribution is -0.349. The zero-order valence-corrected chi connectivity index (χ0v) is 24.2. The van der Waals surface area contributed by atoms with Crippen LogP contribution in [0.3, 0.4) is 0 Å². The molecule has 2 aliphatic heterocycles. The van der Waals surface area contributed by atoms with Gasteiger partial charge >= 0.3 is 5.97 Å². The van der Waals surface area contributed by atoms with Gasteiger partial charge in [-0.05, 0) is 25.1 Å². The van der Waals surface area contributed by atoms with Crippen molar-refractivity contribution in [2.75, 3.05) is 6.61 Å². The number of rotatable bonds is 7. The summed E-state index contributed by atoms with van der Waals surface area (Å²) in [5, 5.41) is 92.7. The van der Waals surface area contributed by atoms with Crippen molar-refractivity contribution in [1.82, 2.24) is 0 Å². The SMILES string of the molecule is CC(=O)OC[C@H]1O[C@@H](O[C@@H]2[C@@H](O)[C@@H](O)[C@H](Oc3c(-c4ccc(O)c(O)c4)oc4cc(O)cc(O)c4c3=O)O[C@H]2C)[C@H](O)[C@@H](O)[C@@H]1O. The molecule has 5 rings (SSSR count). The number of carbonyl (C=O) groups is 1. The van der Waals surface area contributed by atoms with Crippen LogP contribution in [0, 0.1) is 0 Å². The lowest BCUT2D eigenvalue weighted by Gasteiger charge is -2.45. The number of ether oxygens (including phenoxy) is 5. The normalized spacial score (nSPS) is 31.5. The molecule has 2 aliphatic rings. The Balaban J connectivity index is 1.43. The summed E-state index contributed by atoms with van der Waals surface area (Å²) in [7, 11) is 0. The first-order chi connectivity index (χ1) is 21.7. The Morgan fingerprint density at radius 2 is 1.52 bits per heavy atom. The van der Waals surface area contributed by atoms with Crippen molar-refractivity contribution >= 4 is 16.9 Å². The van der Waals surface area contributed by atoms with Crippen LogP contribution >= 0.6 is 0 Å². The predicted molar refractivity (Wildman–Crippen MR) is 150 cm³/mol. The molecule has 2 saturated heterocycles. The lowest BCUT2D eigenvalue weighted by Crippen LogP contribution is -2.64. The van der Waals surface area contributed by atoms with Gasteiger partial charge in [-0.15, -0.1) is 0 Å². The number of esters is 1.